The zero-order valence-electron chi connectivity index (χ0n) is 19.9. The first-order valence-electron chi connectivity index (χ1n) is 13.0. The largest absolute Gasteiger partial charge is 0.412 e. The lowest BCUT2D eigenvalue weighted by Gasteiger charge is -2.05. The quantitative estimate of drug-likeness (QED) is 0.149. The number of hydrogen-bond donors (Lipinski definition) is 0. The molecule has 0 fully saturated rings. The lowest BCUT2D eigenvalue weighted by atomic mass is 10.0. The van der Waals surface area contributed by atoms with Gasteiger partial charge in [0.15, 0.2) is 0 Å². The molecule has 2 N–H and O–H groups in total. The molecule has 0 aliphatic heterocycles. The zero-order valence-corrected chi connectivity index (χ0v) is 19.9. The molecule has 0 rings (SSSR count). The fourth-order valence-corrected chi connectivity index (χ4v) is 3.84. The molecule has 2 heteroatoms. The molecule has 0 saturated carbocycles. The Morgan fingerprint density at radius 3 is 0.821 bits per heavy atom. The highest BCUT2D eigenvalue weighted by Crippen LogP contribution is 2.14. The van der Waals surface area contributed by atoms with Crippen molar-refractivity contribution in [1.29, 1.82) is 0 Å². The van der Waals surface area contributed by atoms with E-state index >= 15 is 0 Å². The Hall–Kier alpha value is -0.0800. The molecule has 0 aliphatic rings. The van der Waals surface area contributed by atoms with Gasteiger partial charge in [-0.3, -0.25) is 0 Å². The van der Waals surface area contributed by atoms with E-state index in [1.807, 2.05) is 0 Å². The Morgan fingerprint density at radius 2 is 0.536 bits per heavy atom. The minimum absolute atomic E-state index is 0. The summed E-state index contributed by atoms with van der Waals surface area (Å²) in [5.74, 6) is 0. The summed E-state index contributed by atoms with van der Waals surface area (Å²) in [6.07, 6.45) is 31.3. The van der Waals surface area contributed by atoms with Crippen LogP contribution in [-0.2, 0) is 4.74 Å². The van der Waals surface area contributed by atoms with Gasteiger partial charge in [0.1, 0.15) is 0 Å². The summed E-state index contributed by atoms with van der Waals surface area (Å²) >= 11 is 0. The van der Waals surface area contributed by atoms with Gasteiger partial charge in [0.2, 0.25) is 0 Å². The maximum absolute atomic E-state index is 5.71. The van der Waals surface area contributed by atoms with Crippen molar-refractivity contribution in [2.75, 3.05) is 13.2 Å². The highest BCUT2D eigenvalue weighted by atomic mass is 16.5. The molecule has 0 heterocycles. The lowest BCUT2D eigenvalue weighted by molar-refractivity contribution is 0.125. The van der Waals surface area contributed by atoms with Crippen molar-refractivity contribution in [3.8, 4) is 0 Å². The maximum Gasteiger partial charge on any atom is 0.0466 e. The molecule has 28 heavy (non-hydrogen) atoms. The van der Waals surface area contributed by atoms with Crippen LogP contribution in [0.15, 0.2) is 0 Å². The number of rotatable bonds is 24. The first-order valence-corrected chi connectivity index (χ1v) is 13.0. The SMILES string of the molecule is CCCCCCCCCCCCCCCCCCCCOCCCCCC.O. The third kappa shape index (κ3) is 28.1. The molecule has 0 saturated heterocycles. The third-order valence-corrected chi connectivity index (χ3v) is 5.78. The van der Waals surface area contributed by atoms with Gasteiger partial charge in [0, 0.05) is 13.2 Å². The van der Waals surface area contributed by atoms with E-state index in [2.05, 4.69) is 13.8 Å². The van der Waals surface area contributed by atoms with Crippen LogP contribution in [0.25, 0.3) is 0 Å². The van der Waals surface area contributed by atoms with Crippen LogP contribution in [-0.4, -0.2) is 18.7 Å². The molecule has 0 spiro atoms. The highest BCUT2D eigenvalue weighted by molar-refractivity contribution is 4.50. The molecule has 0 bridgehead atoms. The molecule has 0 aromatic heterocycles. The van der Waals surface area contributed by atoms with Crippen LogP contribution in [0.5, 0.6) is 0 Å². The third-order valence-electron chi connectivity index (χ3n) is 5.78. The minimum atomic E-state index is 0. The minimum Gasteiger partial charge on any atom is -0.412 e. The fraction of sp³-hybridized carbons (Fsp3) is 1.00. The lowest BCUT2D eigenvalue weighted by Crippen LogP contribution is -1.97. The van der Waals surface area contributed by atoms with Gasteiger partial charge in [-0.1, -0.05) is 142 Å². The van der Waals surface area contributed by atoms with Gasteiger partial charge >= 0.3 is 0 Å². The number of ether oxygens (including phenoxy) is 1. The van der Waals surface area contributed by atoms with Crippen molar-refractivity contribution in [3.05, 3.63) is 0 Å². The van der Waals surface area contributed by atoms with Crippen LogP contribution in [0, 0.1) is 0 Å². The second kappa shape index (κ2) is 29.1. The molecular formula is C26H56O2. The molecule has 0 radical (unpaired) electrons. The van der Waals surface area contributed by atoms with Crippen molar-refractivity contribution in [1.82, 2.24) is 0 Å². The Morgan fingerprint density at radius 1 is 0.321 bits per heavy atom. The molecular weight excluding hydrogens is 344 g/mol. The molecule has 0 aromatic carbocycles. The zero-order chi connectivity index (χ0) is 19.7. The molecule has 0 aromatic rings. The summed E-state index contributed by atoms with van der Waals surface area (Å²) in [6, 6.07) is 0. The summed E-state index contributed by atoms with van der Waals surface area (Å²) in [6.45, 7) is 6.54. The van der Waals surface area contributed by atoms with Gasteiger partial charge in [0.25, 0.3) is 0 Å². The van der Waals surface area contributed by atoms with E-state index in [-0.39, 0.29) is 5.48 Å². The molecule has 0 amide bonds. The van der Waals surface area contributed by atoms with Crippen molar-refractivity contribution < 1.29 is 10.2 Å². The molecule has 172 valence electrons. The summed E-state index contributed by atoms with van der Waals surface area (Å²) in [5, 5.41) is 0. The van der Waals surface area contributed by atoms with Gasteiger partial charge in [-0.2, -0.15) is 0 Å². The van der Waals surface area contributed by atoms with E-state index in [9.17, 15) is 0 Å². The molecule has 0 aliphatic carbocycles. The van der Waals surface area contributed by atoms with Gasteiger partial charge in [0.05, 0.1) is 0 Å². The van der Waals surface area contributed by atoms with Crippen LogP contribution in [0.3, 0.4) is 0 Å². The van der Waals surface area contributed by atoms with Crippen LogP contribution in [0.4, 0.5) is 0 Å². The fourth-order valence-electron chi connectivity index (χ4n) is 3.84. The summed E-state index contributed by atoms with van der Waals surface area (Å²) < 4.78 is 5.71. The number of hydrogen-bond acceptors (Lipinski definition) is 1. The predicted molar refractivity (Wildman–Crippen MR) is 127 cm³/mol. The van der Waals surface area contributed by atoms with Crippen LogP contribution in [0.2, 0.25) is 0 Å². The Balaban J connectivity index is 0. The van der Waals surface area contributed by atoms with Crippen LogP contribution >= 0.6 is 0 Å². The van der Waals surface area contributed by atoms with Gasteiger partial charge in [-0.15, -0.1) is 0 Å². The van der Waals surface area contributed by atoms with Gasteiger partial charge < -0.3 is 10.2 Å². The smallest absolute Gasteiger partial charge is 0.0466 e. The highest BCUT2D eigenvalue weighted by Gasteiger charge is 1.95. The summed E-state index contributed by atoms with van der Waals surface area (Å²) in [4.78, 5) is 0. The molecule has 0 atom stereocenters. The number of unbranched alkanes of at least 4 members (excludes halogenated alkanes) is 20. The Labute approximate surface area is 178 Å². The average molecular weight is 401 g/mol. The van der Waals surface area contributed by atoms with Crippen molar-refractivity contribution in [2.24, 2.45) is 0 Å². The first kappa shape index (κ1) is 30.1. The van der Waals surface area contributed by atoms with Gasteiger partial charge in [-0.25, -0.2) is 0 Å². The van der Waals surface area contributed by atoms with E-state index in [0.29, 0.717) is 0 Å². The van der Waals surface area contributed by atoms with E-state index in [1.54, 1.807) is 0 Å². The Kier molecular flexibility index (Phi) is 31.3. The molecule has 0 unspecified atom stereocenters. The van der Waals surface area contributed by atoms with E-state index in [0.717, 1.165) is 13.2 Å². The van der Waals surface area contributed by atoms with Crippen molar-refractivity contribution in [2.45, 2.75) is 155 Å². The second-order valence-electron chi connectivity index (χ2n) is 8.68. The normalized spacial score (nSPS) is 10.9. The van der Waals surface area contributed by atoms with E-state index < -0.39 is 0 Å². The Bertz CT molecular complexity index is 219. The van der Waals surface area contributed by atoms with E-state index in [4.69, 9.17) is 4.74 Å². The first-order chi connectivity index (χ1) is 13.4. The standard InChI is InChI=1S/C26H54O.H2O/c1-3-5-7-9-10-11-12-13-14-15-16-17-18-19-20-21-22-24-26-27-25-23-8-6-4-2;/h3-26H2,1-2H3;1H2. The summed E-state index contributed by atoms with van der Waals surface area (Å²) in [5.41, 5.74) is 0. The van der Waals surface area contributed by atoms with Crippen LogP contribution < -0.4 is 0 Å². The second-order valence-corrected chi connectivity index (χ2v) is 8.68. The topological polar surface area (TPSA) is 40.7 Å². The summed E-state index contributed by atoms with van der Waals surface area (Å²) in [7, 11) is 0. The molecule has 2 nitrogen and oxygen atoms in total. The van der Waals surface area contributed by atoms with Crippen molar-refractivity contribution >= 4 is 0 Å². The monoisotopic (exact) mass is 400 g/mol. The van der Waals surface area contributed by atoms with E-state index in [1.165, 1.54) is 141 Å². The maximum atomic E-state index is 5.71. The average Bonchev–Trinajstić information content (AvgIpc) is 2.68. The van der Waals surface area contributed by atoms with Crippen molar-refractivity contribution in [3.63, 3.8) is 0 Å². The van der Waals surface area contributed by atoms with Crippen LogP contribution in [0.1, 0.15) is 155 Å². The van der Waals surface area contributed by atoms with Gasteiger partial charge in [-0.05, 0) is 12.8 Å². The predicted octanol–water partition coefficient (Wildman–Crippen LogP) is 8.80.